The molecule has 0 atom stereocenters. The van der Waals surface area contributed by atoms with Gasteiger partial charge in [-0.05, 0) is 12.1 Å². The van der Waals surface area contributed by atoms with Crippen molar-refractivity contribution in [2.45, 2.75) is 0 Å². The Hall–Kier alpha value is -3.10. The maximum atomic E-state index is 11.6. The number of anilines is 4. The summed E-state index contributed by atoms with van der Waals surface area (Å²) in [5.74, 6) is -0.227. The number of carbonyl (C=O) groups is 1. The average molecular weight is 261 g/mol. The summed E-state index contributed by atoms with van der Waals surface area (Å²) in [6.45, 7) is 0. The lowest BCUT2D eigenvalue weighted by molar-refractivity contribution is 0.262. The van der Waals surface area contributed by atoms with Crippen LogP contribution >= 0.6 is 0 Å². The molecule has 1 heterocycles. The molecule has 0 fully saturated rings. The molecule has 19 heavy (non-hydrogen) atoms. The maximum Gasteiger partial charge on any atom is 0.326 e. The van der Waals surface area contributed by atoms with Crippen molar-refractivity contribution in [3.8, 4) is 5.75 Å². The molecule has 98 valence electrons. The predicted molar refractivity (Wildman–Crippen MR) is 69.4 cm³/mol. The van der Waals surface area contributed by atoms with Gasteiger partial charge in [-0.2, -0.15) is 15.0 Å². The lowest BCUT2D eigenvalue weighted by Gasteiger charge is -2.07. The second kappa shape index (κ2) is 5.04. The van der Waals surface area contributed by atoms with E-state index in [1.165, 1.54) is 12.1 Å². The monoisotopic (exact) mass is 261 g/mol. The number of aromatic hydroxyl groups is 1. The van der Waals surface area contributed by atoms with Gasteiger partial charge in [0.1, 0.15) is 5.75 Å². The first-order chi connectivity index (χ1) is 9.02. The van der Waals surface area contributed by atoms with E-state index in [-0.39, 0.29) is 23.6 Å². The van der Waals surface area contributed by atoms with Gasteiger partial charge in [0.25, 0.3) is 0 Å². The number of benzene rings is 1. The van der Waals surface area contributed by atoms with Crippen molar-refractivity contribution < 1.29 is 9.90 Å². The number of nitrogen functional groups attached to an aromatic ring is 2. The zero-order valence-corrected chi connectivity index (χ0v) is 9.66. The number of nitrogens with two attached hydrogens (primary N) is 2. The van der Waals surface area contributed by atoms with E-state index in [4.69, 9.17) is 11.5 Å². The molecule has 2 aromatic rings. The van der Waals surface area contributed by atoms with E-state index < -0.39 is 6.03 Å². The van der Waals surface area contributed by atoms with Crippen molar-refractivity contribution in [1.29, 1.82) is 0 Å². The molecule has 0 unspecified atom stereocenters. The summed E-state index contributed by atoms with van der Waals surface area (Å²) < 4.78 is 0. The van der Waals surface area contributed by atoms with Crippen molar-refractivity contribution in [1.82, 2.24) is 15.0 Å². The van der Waals surface area contributed by atoms with E-state index in [1.807, 2.05) is 0 Å². The van der Waals surface area contributed by atoms with Crippen LogP contribution in [0.5, 0.6) is 5.75 Å². The Labute approximate surface area is 107 Å². The molecular formula is C10H11N7O2. The molecule has 0 saturated heterocycles. The third-order valence-electron chi connectivity index (χ3n) is 2.00. The fraction of sp³-hybridized carbons (Fsp3) is 0. The summed E-state index contributed by atoms with van der Waals surface area (Å²) in [6.07, 6.45) is 0. The van der Waals surface area contributed by atoms with Crippen LogP contribution in [-0.2, 0) is 0 Å². The van der Waals surface area contributed by atoms with Crippen LogP contribution in [0.3, 0.4) is 0 Å². The number of phenols is 1. The SMILES string of the molecule is Nc1nc(N)nc(NC(=O)Nc2cccc(O)c2)n1. The fourth-order valence-electron chi connectivity index (χ4n) is 1.31. The molecule has 1 aromatic carbocycles. The lowest BCUT2D eigenvalue weighted by atomic mass is 10.3. The van der Waals surface area contributed by atoms with Gasteiger partial charge in [0.15, 0.2) is 0 Å². The highest BCUT2D eigenvalue weighted by molar-refractivity contribution is 5.98. The number of urea groups is 1. The first kappa shape index (κ1) is 12.4. The minimum absolute atomic E-state index is 0.0338. The van der Waals surface area contributed by atoms with Crippen molar-refractivity contribution in [3.05, 3.63) is 24.3 Å². The number of carbonyl (C=O) groups excluding carboxylic acids is 1. The van der Waals surface area contributed by atoms with Gasteiger partial charge in [-0.25, -0.2) is 4.79 Å². The van der Waals surface area contributed by atoms with Crippen LogP contribution in [0.25, 0.3) is 0 Å². The Kier molecular flexibility index (Phi) is 3.28. The third-order valence-corrected chi connectivity index (χ3v) is 2.00. The van der Waals surface area contributed by atoms with E-state index in [1.54, 1.807) is 12.1 Å². The fourth-order valence-corrected chi connectivity index (χ4v) is 1.31. The number of amides is 2. The van der Waals surface area contributed by atoms with E-state index in [9.17, 15) is 9.90 Å². The van der Waals surface area contributed by atoms with Crippen LogP contribution in [0, 0.1) is 0 Å². The predicted octanol–water partition coefficient (Wildman–Crippen LogP) is 0.386. The highest BCUT2D eigenvalue weighted by Gasteiger charge is 2.07. The topological polar surface area (TPSA) is 152 Å². The van der Waals surface area contributed by atoms with Gasteiger partial charge < -0.3 is 21.9 Å². The lowest BCUT2D eigenvalue weighted by Crippen LogP contribution is -2.21. The van der Waals surface area contributed by atoms with Crippen molar-refractivity contribution >= 4 is 29.6 Å². The molecule has 7 N–H and O–H groups in total. The zero-order valence-electron chi connectivity index (χ0n) is 9.66. The molecule has 0 saturated carbocycles. The van der Waals surface area contributed by atoms with E-state index >= 15 is 0 Å². The Morgan fingerprint density at radius 3 is 2.42 bits per heavy atom. The van der Waals surface area contributed by atoms with Crippen molar-refractivity contribution in [2.24, 2.45) is 0 Å². The molecule has 2 amide bonds. The molecule has 0 aliphatic carbocycles. The van der Waals surface area contributed by atoms with E-state index in [0.717, 1.165) is 0 Å². The second-order valence-corrected chi connectivity index (χ2v) is 3.50. The molecule has 2 rings (SSSR count). The van der Waals surface area contributed by atoms with Crippen molar-refractivity contribution in [3.63, 3.8) is 0 Å². The first-order valence-corrected chi connectivity index (χ1v) is 5.17. The molecule has 9 heteroatoms. The summed E-state index contributed by atoms with van der Waals surface area (Å²) in [5.41, 5.74) is 11.1. The van der Waals surface area contributed by atoms with Crippen LogP contribution in [0.2, 0.25) is 0 Å². The number of aromatic nitrogens is 3. The summed E-state index contributed by atoms with van der Waals surface area (Å²) in [5, 5.41) is 14.1. The van der Waals surface area contributed by atoms with E-state index in [2.05, 4.69) is 25.6 Å². The molecule has 1 aromatic heterocycles. The number of hydrogen-bond donors (Lipinski definition) is 5. The largest absolute Gasteiger partial charge is 0.508 e. The average Bonchev–Trinajstić information content (AvgIpc) is 2.26. The zero-order chi connectivity index (χ0) is 13.8. The van der Waals surface area contributed by atoms with Crippen LogP contribution < -0.4 is 22.1 Å². The Balaban J connectivity index is 2.05. The molecule has 9 nitrogen and oxygen atoms in total. The van der Waals surface area contributed by atoms with Gasteiger partial charge in [0.2, 0.25) is 17.8 Å². The van der Waals surface area contributed by atoms with Crippen LogP contribution in [0.4, 0.5) is 28.3 Å². The summed E-state index contributed by atoms with van der Waals surface area (Å²) >= 11 is 0. The molecular weight excluding hydrogens is 250 g/mol. The van der Waals surface area contributed by atoms with Gasteiger partial charge >= 0.3 is 6.03 Å². The Morgan fingerprint density at radius 1 is 1.11 bits per heavy atom. The summed E-state index contributed by atoms with van der Waals surface area (Å²) in [7, 11) is 0. The van der Waals surface area contributed by atoms with Crippen LogP contribution in [0.15, 0.2) is 24.3 Å². The molecule has 0 bridgehead atoms. The molecule has 0 radical (unpaired) electrons. The normalized spacial score (nSPS) is 9.89. The van der Waals surface area contributed by atoms with Gasteiger partial charge in [0.05, 0.1) is 0 Å². The summed E-state index contributed by atoms with van der Waals surface area (Å²) in [4.78, 5) is 22.6. The Bertz CT molecular complexity index is 596. The van der Waals surface area contributed by atoms with Gasteiger partial charge in [-0.15, -0.1) is 0 Å². The van der Waals surface area contributed by atoms with Crippen LogP contribution in [-0.4, -0.2) is 26.1 Å². The quantitative estimate of drug-likeness (QED) is 0.524. The van der Waals surface area contributed by atoms with Gasteiger partial charge in [-0.1, -0.05) is 6.07 Å². The number of phenolic OH excluding ortho intramolecular Hbond substituents is 1. The smallest absolute Gasteiger partial charge is 0.326 e. The van der Waals surface area contributed by atoms with Crippen molar-refractivity contribution in [2.75, 3.05) is 22.1 Å². The molecule has 0 aliphatic heterocycles. The second-order valence-electron chi connectivity index (χ2n) is 3.50. The maximum absolute atomic E-state index is 11.6. The first-order valence-electron chi connectivity index (χ1n) is 5.17. The third kappa shape index (κ3) is 3.43. The number of hydrogen-bond acceptors (Lipinski definition) is 7. The number of rotatable bonds is 2. The highest BCUT2D eigenvalue weighted by atomic mass is 16.3. The standard InChI is InChI=1S/C10H11N7O2/c11-7-14-8(12)16-9(15-7)17-10(19)13-5-2-1-3-6(18)4-5/h1-4,18H,(H6,11,12,13,14,15,16,17,19). The molecule has 0 aliphatic rings. The minimum atomic E-state index is -0.601. The summed E-state index contributed by atoms with van der Waals surface area (Å²) in [6, 6.07) is 5.46. The van der Waals surface area contributed by atoms with Gasteiger partial charge in [-0.3, -0.25) is 5.32 Å². The minimum Gasteiger partial charge on any atom is -0.508 e. The van der Waals surface area contributed by atoms with Crippen LogP contribution in [0.1, 0.15) is 0 Å². The molecule has 0 spiro atoms. The Morgan fingerprint density at radius 2 is 1.79 bits per heavy atom. The van der Waals surface area contributed by atoms with Gasteiger partial charge in [0, 0.05) is 11.8 Å². The number of nitrogens with zero attached hydrogens (tertiary/aromatic N) is 3. The highest BCUT2D eigenvalue weighted by Crippen LogP contribution is 2.15. The number of nitrogens with one attached hydrogen (secondary N) is 2. The van der Waals surface area contributed by atoms with E-state index in [0.29, 0.717) is 5.69 Å².